The van der Waals surface area contributed by atoms with Gasteiger partial charge in [0.05, 0.1) is 18.8 Å². The normalized spacial score (nSPS) is 15.9. The van der Waals surface area contributed by atoms with Gasteiger partial charge in [0.1, 0.15) is 5.84 Å². The fraction of sp³-hybridized carbons (Fsp3) is 0.462. The van der Waals surface area contributed by atoms with Crippen LogP contribution in [0.4, 0.5) is 0 Å². The lowest BCUT2D eigenvalue weighted by molar-refractivity contribution is 0.134. The molecule has 0 saturated heterocycles. The number of hydrazine groups is 1. The van der Waals surface area contributed by atoms with E-state index in [2.05, 4.69) is 22.6 Å². The van der Waals surface area contributed by atoms with Gasteiger partial charge in [0.15, 0.2) is 0 Å². The summed E-state index contributed by atoms with van der Waals surface area (Å²) in [6, 6.07) is 6.19. The van der Waals surface area contributed by atoms with Gasteiger partial charge in [0, 0.05) is 5.56 Å². The number of aliphatic imine (C=N–C) groups is 1. The molecular weight excluding hydrogens is 214 g/mol. The number of nitrogens with one attached hydrogen (secondary N) is 1. The van der Waals surface area contributed by atoms with E-state index >= 15 is 0 Å². The average Bonchev–Trinajstić information content (AvgIpc) is 2.71. The Morgan fingerprint density at radius 2 is 2.00 bits per heavy atom. The molecule has 0 unspecified atom stereocenters. The monoisotopic (exact) mass is 233 g/mol. The van der Waals surface area contributed by atoms with Crippen molar-refractivity contribution in [3.05, 3.63) is 34.9 Å². The van der Waals surface area contributed by atoms with Crippen LogP contribution in [0, 0.1) is 0 Å². The highest BCUT2D eigenvalue weighted by atomic mass is 16.5. The lowest BCUT2D eigenvalue weighted by Crippen LogP contribution is -2.33. The summed E-state index contributed by atoms with van der Waals surface area (Å²) in [5, 5.41) is 0. The number of rotatable bonds is 1. The molecule has 1 aromatic rings. The van der Waals surface area contributed by atoms with Gasteiger partial charge in [-0.25, -0.2) is 5.84 Å². The molecule has 1 aliphatic rings. The fourth-order valence-electron chi connectivity index (χ4n) is 1.83. The molecule has 0 aromatic heterocycles. The number of hydrogen-bond donors (Lipinski definition) is 2. The second-order valence-corrected chi connectivity index (χ2v) is 5.25. The van der Waals surface area contributed by atoms with E-state index < -0.39 is 0 Å². The van der Waals surface area contributed by atoms with Crippen LogP contribution in [-0.2, 0) is 18.0 Å². The summed E-state index contributed by atoms with van der Waals surface area (Å²) in [7, 11) is 0. The Kier molecular flexibility index (Phi) is 3.17. The van der Waals surface area contributed by atoms with Gasteiger partial charge in [0.2, 0.25) is 0 Å². The molecule has 0 saturated carbocycles. The predicted molar refractivity (Wildman–Crippen MR) is 68.5 cm³/mol. The first-order valence-corrected chi connectivity index (χ1v) is 5.76. The highest BCUT2D eigenvalue weighted by Gasteiger charge is 2.15. The van der Waals surface area contributed by atoms with Gasteiger partial charge < -0.3 is 10.2 Å². The van der Waals surface area contributed by atoms with E-state index in [0.29, 0.717) is 19.0 Å². The van der Waals surface area contributed by atoms with Crippen LogP contribution in [0.5, 0.6) is 0 Å². The van der Waals surface area contributed by atoms with E-state index in [9.17, 15) is 0 Å². The lowest BCUT2D eigenvalue weighted by Gasteiger charge is -2.16. The number of fused-ring (bicyclic) bond motifs is 1. The smallest absolute Gasteiger partial charge is 0.143 e. The van der Waals surface area contributed by atoms with E-state index in [1.165, 1.54) is 11.1 Å². The summed E-state index contributed by atoms with van der Waals surface area (Å²) in [5.41, 5.74) is 6.00. The van der Waals surface area contributed by atoms with Crippen LogP contribution < -0.4 is 11.3 Å². The highest BCUT2D eigenvalue weighted by molar-refractivity contribution is 5.98. The Morgan fingerprint density at radius 1 is 1.29 bits per heavy atom. The molecule has 2 rings (SSSR count). The zero-order valence-corrected chi connectivity index (χ0v) is 10.6. The molecule has 4 heteroatoms. The molecule has 0 aliphatic carbocycles. The van der Waals surface area contributed by atoms with Crippen LogP contribution in [0.2, 0.25) is 0 Å². The third-order valence-electron chi connectivity index (χ3n) is 2.58. The molecule has 0 radical (unpaired) electrons. The summed E-state index contributed by atoms with van der Waals surface area (Å²) >= 11 is 0. The van der Waals surface area contributed by atoms with Crippen molar-refractivity contribution in [1.82, 2.24) is 5.43 Å². The first kappa shape index (κ1) is 12.1. The van der Waals surface area contributed by atoms with Crippen molar-refractivity contribution in [2.75, 3.05) is 0 Å². The van der Waals surface area contributed by atoms with Crippen molar-refractivity contribution in [1.29, 1.82) is 0 Å². The number of nitrogens with two attached hydrogens (primary N) is 1. The molecular formula is C13H19N3O. The van der Waals surface area contributed by atoms with Gasteiger partial charge >= 0.3 is 0 Å². The molecule has 3 N–H and O–H groups in total. The first-order valence-electron chi connectivity index (χ1n) is 5.76. The topological polar surface area (TPSA) is 59.6 Å². The van der Waals surface area contributed by atoms with Gasteiger partial charge in [-0.2, -0.15) is 0 Å². The van der Waals surface area contributed by atoms with Crippen LogP contribution in [-0.4, -0.2) is 11.4 Å². The molecule has 17 heavy (non-hydrogen) atoms. The number of amidine groups is 1. The number of hydrogen-bond acceptors (Lipinski definition) is 3. The molecule has 4 nitrogen and oxygen atoms in total. The fourth-order valence-corrected chi connectivity index (χ4v) is 1.83. The van der Waals surface area contributed by atoms with Crippen LogP contribution in [0.1, 0.15) is 37.5 Å². The quantitative estimate of drug-likeness (QED) is 0.336. The van der Waals surface area contributed by atoms with Crippen molar-refractivity contribution in [2.24, 2.45) is 10.8 Å². The van der Waals surface area contributed by atoms with Crippen molar-refractivity contribution >= 4 is 5.84 Å². The minimum absolute atomic E-state index is 0.156. The Hall–Kier alpha value is -1.39. The van der Waals surface area contributed by atoms with Crippen molar-refractivity contribution in [2.45, 2.75) is 39.5 Å². The Labute approximate surface area is 102 Å². The van der Waals surface area contributed by atoms with Gasteiger partial charge in [-0.15, -0.1) is 0 Å². The molecule has 0 atom stereocenters. The van der Waals surface area contributed by atoms with E-state index in [1.54, 1.807) is 0 Å². The zero-order valence-electron chi connectivity index (χ0n) is 10.6. The maximum Gasteiger partial charge on any atom is 0.143 e. The standard InChI is InChI=1S/C13H19N3O/c1-13(2,3)15-12(16-14)9-4-5-10-7-17-8-11(10)6-9/h4-6H,7-8,14H2,1-3H3,(H,15,16). The second kappa shape index (κ2) is 4.47. The largest absolute Gasteiger partial charge is 0.372 e. The third-order valence-corrected chi connectivity index (χ3v) is 2.58. The molecule has 0 fully saturated rings. The lowest BCUT2D eigenvalue weighted by atomic mass is 10.0. The minimum Gasteiger partial charge on any atom is -0.372 e. The number of ether oxygens (including phenoxy) is 1. The van der Waals surface area contributed by atoms with E-state index in [1.807, 2.05) is 26.8 Å². The van der Waals surface area contributed by atoms with Crippen LogP contribution in [0.15, 0.2) is 23.2 Å². The van der Waals surface area contributed by atoms with Crippen LogP contribution >= 0.6 is 0 Å². The Bertz CT molecular complexity index is 446. The number of nitrogens with zero attached hydrogens (tertiary/aromatic N) is 1. The first-order chi connectivity index (χ1) is 7.99. The van der Waals surface area contributed by atoms with Crippen LogP contribution in [0.3, 0.4) is 0 Å². The summed E-state index contributed by atoms with van der Waals surface area (Å²) in [4.78, 5) is 4.56. The molecule has 92 valence electrons. The van der Waals surface area contributed by atoms with E-state index in [-0.39, 0.29) is 5.54 Å². The molecule has 0 spiro atoms. The Balaban J connectivity index is 2.35. The van der Waals surface area contributed by atoms with E-state index in [4.69, 9.17) is 10.6 Å². The molecule has 0 bridgehead atoms. The van der Waals surface area contributed by atoms with E-state index in [0.717, 1.165) is 5.56 Å². The molecule has 1 heterocycles. The Morgan fingerprint density at radius 3 is 2.65 bits per heavy atom. The molecule has 1 aliphatic heterocycles. The van der Waals surface area contributed by atoms with Crippen LogP contribution in [0.25, 0.3) is 0 Å². The molecule has 1 aromatic carbocycles. The summed E-state index contributed by atoms with van der Waals surface area (Å²) in [5.74, 6) is 6.26. The third kappa shape index (κ3) is 2.84. The van der Waals surface area contributed by atoms with Gasteiger partial charge in [0.25, 0.3) is 0 Å². The maximum absolute atomic E-state index is 5.55. The highest BCUT2D eigenvalue weighted by Crippen LogP contribution is 2.21. The second-order valence-electron chi connectivity index (χ2n) is 5.25. The molecule has 0 amide bonds. The van der Waals surface area contributed by atoms with Crippen molar-refractivity contribution in [3.8, 4) is 0 Å². The van der Waals surface area contributed by atoms with Gasteiger partial charge in [-0.3, -0.25) is 4.99 Å². The van der Waals surface area contributed by atoms with Gasteiger partial charge in [-0.05, 0) is 38.0 Å². The number of benzene rings is 1. The average molecular weight is 233 g/mol. The SMILES string of the molecule is CC(C)(C)N=C(NN)c1ccc2c(c1)COC2. The van der Waals surface area contributed by atoms with Crippen molar-refractivity contribution in [3.63, 3.8) is 0 Å². The minimum atomic E-state index is -0.156. The maximum atomic E-state index is 5.55. The summed E-state index contributed by atoms with van der Waals surface area (Å²) in [6.45, 7) is 7.51. The summed E-state index contributed by atoms with van der Waals surface area (Å²) in [6.07, 6.45) is 0. The zero-order chi connectivity index (χ0) is 12.5. The summed E-state index contributed by atoms with van der Waals surface area (Å²) < 4.78 is 5.39. The predicted octanol–water partition coefficient (Wildman–Crippen LogP) is 1.73. The van der Waals surface area contributed by atoms with Crippen molar-refractivity contribution < 1.29 is 4.74 Å². The van der Waals surface area contributed by atoms with Gasteiger partial charge in [-0.1, -0.05) is 12.1 Å².